The van der Waals surface area contributed by atoms with Crippen LogP contribution >= 0.6 is 0 Å². The van der Waals surface area contributed by atoms with Crippen molar-refractivity contribution in [2.75, 3.05) is 28.3 Å². The molecule has 15 heteroatoms. The maximum absolute atomic E-state index is 12.9. The fourth-order valence-corrected chi connectivity index (χ4v) is 7.84. The van der Waals surface area contributed by atoms with Crippen molar-refractivity contribution < 1.29 is 67.6 Å². The third-order valence-electron chi connectivity index (χ3n) is 10.9. The molecular formula is C40H67NO14. The molecular weight excluding hydrogens is 718 g/mol. The lowest BCUT2D eigenvalue weighted by molar-refractivity contribution is -0.345. The van der Waals surface area contributed by atoms with Crippen LogP contribution in [-0.4, -0.2) is 152 Å². The molecule has 2 saturated heterocycles. The molecule has 0 radical (unpaired) electrons. The fourth-order valence-electron chi connectivity index (χ4n) is 7.84. The normalized spacial score (nSPS) is 42.3. The second-order valence-electron chi connectivity index (χ2n) is 15.7. The molecule has 3 N–H and O–H groups in total. The number of cyclic esters (lactones) is 1. The van der Waals surface area contributed by atoms with E-state index in [1.54, 1.807) is 65.1 Å². The van der Waals surface area contributed by atoms with E-state index in [1.807, 2.05) is 26.8 Å². The van der Waals surface area contributed by atoms with E-state index in [4.69, 9.17) is 37.9 Å². The maximum atomic E-state index is 12.9. The zero-order chi connectivity index (χ0) is 41.0. The Morgan fingerprint density at radius 1 is 1.02 bits per heavy atom. The predicted molar refractivity (Wildman–Crippen MR) is 201 cm³/mol. The molecule has 0 aromatic heterocycles. The number of likely N-dealkylation sites (N-methyl/N-ethyl adjacent to an activating group) is 1. The minimum absolute atomic E-state index is 0.0369. The largest absolute Gasteiger partial charge is 0.462 e. The summed E-state index contributed by atoms with van der Waals surface area (Å²) >= 11 is 0. The zero-order valence-electron chi connectivity index (χ0n) is 34.3. The van der Waals surface area contributed by atoms with Gasteiger partial charge >= 0.3 is 11.9 Å². The first kappa shape index (κ1) is 47.1. The predicted octanol–water partition coefficient (Wildman–Crippen LogP) is 2.85. The van der Waals surface area contributed by atoms with Crippen molar-refractivity contribution in [3.8, 4) is 0 Å². The molecule has 3 heterocycles. The Bertz CT molecular complexity index is 1260. The number of ether oxygens (including phenoxy) is 8. The van der Waals surface area contributed by atoms with Gasteiger partial charge in [-0.1, -0.05) is 38.2 Å². The van der Waals surface area contributed by atoms with Crippen molar-refractivity contribution in [1.29, 1.82) is 0 Å². The van der Waals surface area contributed by atoms with E-state index in [-0.39, 0.29) is 37.6 Å². The topological polar surface area (TPSA) is 189 Å². The highest BCUT2D eigenvalue weighted by Crippen LogP contribution is 2.38. The number of hydrogen-bond donors (Lipinski definition) is 3. The summed E-state index contributed by atoms with van der Waals surface area (Å²) in [6.45, 7) is 10.9. The minimum Gasteiger partial charge on any atom is -0.462 e. The van der Waals surface area contributed by atoms with Gasteiger partial charge in [-0.25, -0.2) is 0 Å². The van der Waals surface area contributed by atoms with Gasteiger partial charge in [-0.05, 0) is 66.5 Å². The summed E-state index contributed by atoms with van der Waals surface area (Å²) in [4.78, 5) is 39.3. The fraction of sp³-hybridized carbons (Fsp3) is 0.825. The molecule has 0 aromatic rings. The maximum Gasteiger partial charge on any atom is 0.308 e. The number of nitrogens with zero attached hydrogens (tertiary/aromatic N) is 1. The number of aldehydes is 1. The number of esters is 2. The number of allylic oxidation sites excluding steroid dienone is 2. The lowest BCUT2D eigenvalue weighted by Crippen LogP contribution is -2.66. The number of hydrogen-bond acceptors (Lipinski definition) is 15. The molecule has 316 valence electrons. The van der Waals surface area contributed by atoms with E-state index in [9.17, 15) is 29.7 Å². The number of carbonyl (C=O) groups is 3. The van der Waals surface area contributed by atoms with Gasteiger partial charge in [0.05, 0.1) is 43.0 Å². The summed E-state index contributed by atoms with van der Waals surface area (Å²) in [7, 11) is 6.48. The molecule has 3 rings (SSSR count). The number of aliphatic hydroxyl groups excluding tert-OH is 3. The highest BCUT2D eigenvalue weighted by atomic mass is 16.7. The van der Waals surface area contributed by atoms with Crippen molar-refractivity contribution in [3.63, 3.8) is 0 Å². The molecule has 15 nitrogen and oxygen atoms in total. The molecule has 0 spiro atoms. The number of methoxy groups -OCH3 is 2. The highest BCUT2D eigenvalue weighted by Gasteiger charge is 2.53. The molecule has 0 aliphatic carbocycles. The Morgan fingerprint density at radius 2 is 1.73 bits per heavy atom. The average molecular weight is 786 g/mol. The van der Waals surface area contributed by atoms with Gasteiger partial charge in [-0.15, -0.1) is 0 Å². The molecule has 2 fully saturated rings. The average Bonchev–Trinajstić information content (AvgIpc) is 3.10. The van der Waals surface area contributed by atoms with E-state index in [0.717, 1.165) is 6.29 Å². The molecule has 16 atom stereocenters. The van der Waals surface area contributed by atoms with Crippen LogP contribution in [0.5, 0.6) is 0 Å². The van der Waals surface area contributed by atoms with Crippen molar-refractivity contribution in [2.45, 2.75) is 172 Å². The van der Waals surface area contributed by atoms with Crippen LogP contribution in [0, 0.1) is 11.8 Å². The molecule has 3 aliphatic rings. The van der Waals surface area contributed by atoms with Gasteiger partial charge < -0.3 is 62.9 Å². The van der Waals surface area contributed by atoms with Crippen LogP contribution < -0.4 is 0 Å². The smallest absolute Gasteiger partial charge is 0.308 e. The Kier molecular flexibility index (Phi) is 18.8. The van der Waals surface area contributed by atoms with Gasteiger partial charge in [-0.2, -0.15) is 0 Å². The van der Waals surface area contributed by atoms with Crippen LogP contribution in [0.15, 0.2) is 24.3 Å². The molecule has 3 aliphatic heterocycles. The van der Waals surface area contributed by atoms with E-state index in [2.05, 4.69) is 0 Å². The summed E-state index contributed by atoms with van der Waals surface area (Å²) in [6.07, 6.45) is -2.12. The van der Waals surface area contributed by atoms with Crippen molar-refractivity contribution in [2.24, 2.45) is 11.8 Å². The van der Waals surface area contributed by atoms with E-state index >= 15 is 0 Å². The molecule has 0 aromatic carbocycles. The van der Waals surface area contributed by atoms with Crippen LogP contribution in [0.1, 0.15) is 86.5 Å². The first-order valence-electron chi connectivity index (χ1n) is 19.6. The Morgan fingerprint density at radius 3 is 2.35 bits per heavy atom. The SMILES string of the molecule is CCCC(=O)O[C@H]1[C@H](C)O[C@@H](O[C@H]2[C@H](N(C)C)[C@@H](O)[C@H](O[C@H]3C(CC=O)C[C@@H](C)[C@@H](O)/C=C/C=C/C[C@@H](C)OC(=O)C[C@@H](O)[C@@H]3OC)O[C@@H]2C)C[C@@]1(C)OC. The monoisotopic (exact) mass is 785 g/mol. The van der Waals surface area contributed by atoms with Crippen LogP contribution in [0.3, 0.4) is 0 Å². The lowest BCUT2D eigenvalue weighted by Gasteiger charge is -2.51. The van der Waals surface area contributed by atoms with Crippen LogP contribution in [0.2, 0.25) is 0 Å². The third-order valence-corrected chi connectivity index (χ3v) is 10.9. The van der Waals surface area contributed by atoms with Gasteiger partial charge in [0.25, 0.3) is 0 Å². The summed E-state index contributed by atoms with van der Waals surface area (Å²) < 4.78 is 48.7. The molecule has 0 amide bonds. The number of carbonyl (C=O) groups excluding carboxylic acids is 3. The Labute approximate surface area is 326 Å². The molecule has 55 heavy (non-hydrogen) atoms. The molecule has 1 unspecified atom stereocenters. The number of rotatable bonds is 12. The van der Waals surface area contributed by atoms with Gasteiger partial charge in [0, 0.05) is 39.9 Å². The number of aliphatic hydroxyl groups is 3. The van der Waals surface area contributed by atoms with E-state index in [1.165, 1.54) is 7.11 Å². The van der Waals surface area contributed by atoms with Crippen LogP contribution in [0.4, 0.5) is 0 Å². The standard InChI is InChI=1S/C40H67NO14/c1-11-15-30(45)53-38-26(5)51-32(22-40(38,6)49-10)54-35-25(4)52-39(34(47)33(35)41(7)8)55-36-27(18-19-42)20-23(2)28(43)17-14-12-13-16-24(3)50-31(46)21-29(44)37(36)48-9/h12-14,17,19,23-29,32-39,43-44,47H,11,15-16,18,20-22H2,1-10H3/b13-12+,17-14+/t23-,24-,25-,26+,27?,28+,29-,32+,33-,34-,35-,36+,37+,38+,39+,40-/m1/s1. The van der Waals surface area contributed by atoms with Crippen LogP contribution in [0.25, 0.3) is 0 Å². The summed E-state index contributed by atoms with van der Waals surface area (Å²) in [5, 5.41) is 34.4. The lowest BCUT2D eigenvalue weighted by atomic mass is 9.82. The first-order valence-corrected chi connectivity index (χ1v) is 19.6. The van der Waals surface area contributed by atoms with Gasteiger partial charge in [0.2, 0.25) is 0 Å². The Hall–Kier alpha value is -2.31. The van der Waals surface area contributed by atoms with Crippen molar-refractivity contribution >= 4 is 18.2 Å². The summed E-state index contributed by atoms with van der Waals surface area (Å²) in [5.41, 5.74) is -0.933. The second-order valence-corrected chi connectivity index (χ2v) is 15.7. The summed E-state index contributed by atoms with van der Waals surface area (Å²) in [5.74, 6) is -1.99. The van der Waals surface area contributed by atoms with Gasteiger partial charge in [-0.3, -0.25) is 9.59 Å². The first-order chi connectivity index (χ1) is 26.0. The molecule has 0 bridgehead atoms. The Balaban J connectivity index is 1.92. The van der Waals surface area contributed by atoms with Gasteiger partial charge in [0.1, 0.15) is 36.3 Å². The van der Waals surface area contributed by atoms with Gasteiger partial charge in [0.15, 0.2) is 18.7 Å². The minimum atomic E-state index is -1.42. The molecule has 0 saturated carbocycles. The highest BCUT2D eigenvalue weighted by molar-refractivity contribution is 5.70. The third kappa shape index (κ3) is 12.8. The zero-order valence-corrected chi connectivity index (χ0v) is 34.3. The van der Waals surface area contributed by atoms with Crippen molar-refractivity contribution in [1.82, 2.24) is 4.90 Å². The summed E-state index contributed by atoms with van der Waals surface area (Å²) in [6, 6.07) is -0.710. The van der Waals surface area contributed by atoms with Crippen molar-refractivity contribution in [3.05, 3.63) is 24.3 Å². The van der Waals surface area contributed by atoms with Crippen LogP contribution in [-0.2, 0) is 52.3 Å². The quantitative estimate of drug-likeness (QED) is 0.193. The second kappa shape index (κ2) is 22.0. The van der Waals surface area contributed by atoms with E-state index < -0.39 is 104 Å². The van der Waals surface area contributed by atoms with E-state index in [0.29, 0.717) is 12.8 Å².